The molecule has 7 nitrogen and oxygen atoms in total. The predicted molar refractivity (Wildman–Crippen MR) is 123 cm³/mol. The molecule has 2 saturated heterocycles. The van der Waals surface area contributed by atoms with Gasteiger partial charge in [0.05, 0.1) is 23.3 Å². The standard InChI is InChI=1S/C25H29N3O4/c1-16-7-5-11-22(17(16)2)28-15-18(13-23(28)29)24(30)27-21-10-4-3-9-20(21)25(31)26-14-19-8-6-12-32-19/h3-5,7,9-11,18-19H,6,8,12-15H2,1-2H3,(H,26,31)(H,27,30)/t18-,19-/m0/s1. The quantitative estimate of drug-likeness (QED) is 0.729. The Bertz CT molecular complexity index is 1030. The van der Waals surface area contributed by atoms with E-state index in [2.05, 4.69) is 10.6 Å². The third-order valence-electron chi connectivity index (χ3n) is 6.31. The molecule has 0 aliphatic carbocycles. The van der Waals surface area contributed by atoms with Crippen LogP contribution in [0.1, 0.15) is 40.7 Å². The average molecular weight is 436 g/mol. The number of hydrogen-bond acceptors (Lipinski definition) is 4. The Hall–Kier alpha value is -3.19. The van der Waals surface area contributed by atoms with Crippen molar-refractivity contribution in [2.24, 2.45) is 5.92 Å². The number of benzene rings is 2. The van der Waals surface area contributed by atoms with Crippen LogP contribution in [0.25, 0.3) is 0 Å². The molecule has 4 rings (SSSR count). The lowest BCUT2D eigenvalue weighted by atomic mass is 10.1. The first-order valence-corrected chi connectivity index (χ1v) is 11.1. The zero-order chi connectivity index (χ0) is 22.7. The summed E-state index contributed by atoms with van der Waals surface area (Å²) < 4.78 is 5.55. The van der Waals surface area contributed by atoms with Gasteiger partial charge >= 0.3 is 0 Å². The van der Waals surface area contributed by atoms with Gasteiger partial charge in [-0.15, -0.1) is 0 Å². The maximum atomic E-state index is 13.0. The molecule has 0 saturated carbocycles. The molecule has 0 radical (unpaired) electrons. The second-order valence-electron chi connectivity index (χ2n) is 8.50. The lowest BCUT2D eigenvalue weighted by Gasteiger charge is -2.20. The van der Waals surface area contributed by atoms with Gasteiger partial charge in [0.1, 0.15) is 0 Å². The van der Waals surface area contributed by atoms with Gasteiger partial charge in [0, 0.05) is 31.8 Å². The number of nitrogens with zero attached hydrogens (tertiary/aromatic N) is 1. The third kappa shape index (κ3) is 4.67. The number of anilines is 2. The summed E-state index contributed by atoms with van der Waals surface area (Å²) in [5.41, 5.74) is 3.83. The molecule has 0 unspecified atom stereocenters. The van der Waals surface area contributed by atoms with Crippen molar-refractivity contribution in [2.45, 2.75) is 39.2 Å². The van der Waals surface area contributed by atoms with Gasteiger partial charge in [-0.25, -0.2) is 0 Å². The number of aryl methyl sites for hydroxylation is 1. The molecule has 7 heteroatoms. The Kier molecular flexibility index (Phi) is 6.55. The van der Waals surface area contributed by atoms with Crippen molar-refractivity contribution in [2.75, 3.05) is 29.9 Å². The fraction of sp³-hybridized carbons (Fsp3) is 0.400. The van der Waals surface area contributed by atoms with E-state index in [1.54, 1.807) is 29.2 Å². The predicted octanol–water partition coefficient (Wildman–Crippen LogP) is 3.20. The molecular formula is C25H29N3O4. The summed E-state index contributed by atoms with van der Waals surface area (Å²) in [6.07, 6.45) is 2.13. The van der Waals surface area contributed by atoms with Crippen molar-refractivity contribution < 1.29 is 19.1 Å². The maximum absolute atomic E-state index is 13.0. The third-order valence-corrected chi connectivity index (χ3v) is 6.31. The minimum atomic E-state index is -0.481. The molecule has 0 aromatic heterocycles. The van der Waals surface area contributed by atoms with E-state index < -0.39 is 5.92 Å². The van der Waals surface area contributed by atoms with Crippen molar-refractivity contribution in [1.82, 2.24) is 5.32 Å². The van der Waals surface area contributed by atoms with E-state index >= 15 is 0 Å². The summed E-state index contributed by atoms with van der Waals surface area (Å²) in [5.74, 6) is -1.06. The number of rotatable bonds is 6. The highest BCUT2D eigenvalue weighted by atomic mass is 16.5. The van der Waals surface area contributed by atoms with E-state index in [4.69, 9.17) is 4.74 Å². The van der Waals surface area contributed by atoms with Crippen LogP contribution in [0, 0.1) is 19.8 Å². The topological polar surface area (TPSA) is 87.7 Å². The van der Waals surface area contributed by atoms with E-state index in [0.717, 1.165) is 36.3 Å². The number of amides is 3. The minimum Gasteiger partial charge on any atom is -0.376 e. The van der Waals surface area contributed by atoms with Crippen LogP contribution in [0.15, 0.2) is 42.5 Å². The van der Waals surface area contributed by atoms with Gasteiger partial charge < -0.3 is 20.3 Å². The van der Waals surface area contributed by atoms with Gasteiger partial charge in [0.2, 0.25) is 11.8 Å². The highest BCUT2D eigenvalue weighted by Gasteiger charge is 2.36. The molecule has 2 aromatic carbocycles. The van der Waals surface area contributed by atoms with Crippen molar-refractivity contribution in [3.63, 3.8) is 0 Å². The summed E-state index contributed by atoms with van der Waals surface area (Å²) in [5, 5.41) is 5.76. The molecule has 2 aliphatic rings. The van der Waals surface area contributed by atoms with Crippen LogP contribution in [0.4, 0.5) is 11.4 Å². The normalized spacial score (nSPS) is 20.4. The molecular weight excluding hydrogens is 406 g/mol. The second kappa shape index (κ2) is 9.53. The van der Waals surface area contributed by atoms with Gasteiger partial charge in [-0.05, 0) is 56.0 Å². The second-order valence-corrected chi connectivity index (χ2v) is 8.50. The molecule has 2 atom stereocenters. The lowest BCUT2D eigenvalue weighted by Crippen LogP contribution is -2.33. The largest absolute Gasteiger partial charge is 0.376 e. The highest BCUT2D eigenvalue weighted by molar-refractivity contribution is 6.07. The first kappa shape index (κ1) is 22.0. The van der Waals surface area contributed by atoms with Crippen molar-refractivity contribution in [1.29, 1.82) is 0 Å². The van der Waals surface area contributed by atoms with Crippen LogP contribution < -0.4 is 15.5 Å². The zero-order valence-corrected chi connectivity index (χ0v) is 18.5. The molecule has 32 heavy (non-hydrogen) atoms. The fourth-order valence-corrected chi connectivity index (χ4v) is 4.28. The van der Waals surface area contributed by atoms with Crippen molar-refractivity contribution in [3.05, 3.63) is 59.2 Å². The Morgan fingerprint density at radius 3 is 2.72 bits per heavy atom. The van der Waals surface area contributed by atoms with Gasteiger partial charge in [0.25, 0.3) is 5.91 Å². The summed E-state index contributed by atoms with van der Waals surface area (Å²) in [7, 11) is 0. The fourth-order valence-electron chi connectivity index (χ4n) is 4.28. The molecule has 2 aliphatic heterocycles. The number of para-hydroxylation sites is 1. The summed E-state index contributed by atoms with van der Waals surface area (Å²) in [6.45, 7) is 5.49. The molecule has 2 N–H and O–H groups in total. The summed E-state index contributed by atoms with van der Waals surface area (Å²) in [6, 6.07) is 12.8. The number of ether oxygens (including phenoxy) is 1. The van der Waals surface area contributed by atoms with Crippen LogP contribution >= 0.6 is 0 Å². The Balaban J connectivity index is 1.42. The van der Waals surface area contributed by atoms with E-state index in [0.29, 0.717) is 24.3 Å². The van der Waals surface area contributed by atoms with Crippen LogP contribution in [-0.2, 0) is 14.3 Å². The summed E-state index contributed by atoms with van der Waals surface area (Å²) in [4.78, 5) is 40.0. The Labute approximate surface area is 188 Å². The smallest absolute Gasteiger partial charge is 0.253 e. The first-order valence-electron chi connectivity index (χ1n) is 11.1. The number of carbonyl (C=O) groups is 3. The molecule has 2 aromatic rings. The van der Waals surface area contributed by atoms with Crippen LogP contribution in [0.3, 0.4) is 0 Å². The molecule has 0 bridgehead atoms. The molecule has 2 heterocycles. The average Bonchev–Trinajstić information content (AvgIpc) is 3.44. The highest BCUT2D eigenvalue weighted by Crippen LogP contribution is 2.30. The van der Waals surface area contributed by atoms with E-state index in [9.17, 15) is 14.4 Å². The van der Waals surface area contributed by atoms with Crippen molar-refractivity contribution >= 4 is 29.1 Å². The first-order chi connectivity index (χ1) is 15.4. The number of carbonyl (C=O) groups excluding carboxylic acids is 3. The van der Waals surface area contributed by atoms with E-state index in [1.165, 1.54) is 0 Å². The molecule has 3 amide bonds. The maximum Gasteiger partial charge on any atom is 0.253 e. The monoisotopic (exact) mass is 435 g/mol. The SMILES string of the molecule is Cc1cccc(N2C[C@@H](C(=O)Nc3ccccc3C(=O)NC[C@@H]3CCCO3)CC2=O)c1C. The molecule has 168 valence electrons. The number of nitrogens with one attached hydrogen (secondary N) is 2. The van der Waals surface area contributed by atoms with Crippen LogP contribution in [-0.4, -0.2) is 43.5 Å². The Morgan fingerprint density at radius 1 is 1.12 bits per heavy atom. The lowest BCUT2D eigenvalue weighted by molar-refractivity contribution is -0.122. The molecule has 0 spiro atoms. The number of hydrogen-bond donors (Lipinski definition) is 2. The van der Waals surface area contributed by atoms with Gasteiger partial charge in [-0.3, -0.25) is 14.4 Å². The van der Waals surface area contributed by atoms with Crippen LogP contribution in [0.2, 0.25) is 0 Å². The van der Waals surface area contributed by atoms with Crippen LogP contribution in [0.5, 0.6) is 0 Å². The van der Waals surface area contributed by atoms with E-state index in [-0.39, 0.29) is 30.2 Å². The zero-order valence-electron chi connectivity index (χ0n) is 18.5. The van der Waals surface area contributed by atoms with Crippen molar-refractivity contribution in [3.8, 4) is 0 Å². The molecule has 2 fully saturated rings. The Morgan fingerprint density at radius 2 is 1.94 bits per heavy atom. The minimum absolute atomic E-state index is 0.0428. The van der Waals surface area contributed by atoms with Gasteiger partial charge in [-0.1, -0.05) is 24.3 Å². The van der Waals surface area contributed by atoms with Gasteiger partial charge in [0.15, 0.2) is 0 Å². The van der Waals surface area contributed by atoms with E-state index in [1.807, 2.05) is 32.0 Å². The summed E-state index contributed by atoms with van der Waals surface area (Å²) >= 11 is 0. The van der Waals surface area contributed by atoms with Gasteiger partial charge in [-0.2, -0.15) is 0 Å².